The van der Waals surface area contributed by atoms with Crippen molar-refractivity contribution in [1.29, 1.82) is 0 Å². The molecule has 1 rings (SSSR count). The van der Waals surface area contributed by atoms with Crippen molar-refractivity contribution in [2.24, 2.45) is 4.99 Å². The Kier molecular flexibility index (Phi) is 2.92. The Morgan fingerprint density at radius 1 is 1.64 bits per heavy atom. The fourth-order valence-electron chi connectivity index (χ4n) is 1.62. The van der Waals surface area contributed by atoms with Crippen LogP contribution in [0.4, 0.5) is 0 Å². The van der Waals surface area contributed by atoms with Crippen LogP contribution >= 0.6 is 0 Å². The maximum absolute atomic E-state index is 4.28. The van der Waals surface area contributed by atoms with Crippen molar-refractivity contribution in [3.05, 3.63) is 0 Å². The molecule has 0 N–H and O–H groups in total. The monoisotopic (exact) mass is 154 g/mol. The highest BCUT2D eigenvalue weighted by molar-refractivity contribution is 5.84. The van der Waals surface area contributed by atoms with Gasteiger partial charge in [-0.3, -0.25) is 4.99 Å². The molecule has 1 aliphatic heterocycles. The van der Waals surface area contributed by atoms with Gasteiger partial charge in [-0.2, -0.15) is 0 Å². The van der Waals surface area contributed by atoms with Gasteiger partial charge in [0.2, 0.25) is 0 Å². The van der Waals surface area contributed by atoms with E-state index in [-0.39, 0.29) is 0 Å². The number of rotatable bonds is 2. The van der Waals surface area contributed by atoms with Crippen LogP contribution in [0.1, 0.15) is 33.1 Å². The summed E-state index contributed by atoms with van der Waals surface area (Å²) < 4.78 is 0. The summed E-state index contributed by atoms with van der Waals surface area (Å²) in [7, 11) is 1.90. The van der Waals surface area contributed by atoms with Gasteiger partial charge in [0.25, 0.3) is 0 Å². The zero-order valence-electron chi connectivity index (χ0n) is 7.80. The molecule has 0 spiro atoms. The molecule has 0 aromatic carbocycles. The molecule has 0 aromatic heterocycles. The van der Waals surface area contributed by atoms with Crippen LogP contribution in [0.2, 0.25) is 0 Å². The molecule has 1 unspecified atom stereocenters. The Balaban J connectivity index is 2.56. The molecule has 1 atom stereocenters. The topological polar surface area (TPSA) is 15.6 Å². The van der Waals surface area contributed by atoms with Crippen molar-refractivity contribution in [2.45, 2.75) is 39.2 Å². The molecule has 1 aliphatic rings. The molecule has 64 valence electrons. The van der Waals surface area contributed by atoms with Crippen molar-refractivity contribution in [3.8, 4) is 0 Å². The van der Waals surface area contributed by atoms with Gasteiger partial charge in [-0.1, -0.05) is 6.92 Å². The normalized spacial score (nSPS) is 24.6. The maximum atomic E-state index is 4.28. The SMILES string of the molecule is CCC(C)N1CCC/C1=N/C. The number of aliphatic imine (C=N–C) groups is 1. The van der Waals surface area contributed by atoms with Gasteiger partial charge < -0.3 is 4.90 Å². The third-order valence-corrected chi connectivity index (χ3v) is 2.51. The molecule has 0 radical (unpaired) electrons. The highest BCUT2D eigenvalue weighted by Gasteiger charge is 2.21. The third kappa shape index (κ3) is 1.73. The standard InChI is InChI=1S/C9H18N2/c1-4-8(2)11-7-5-6-9(11)10-3/h8H,4-7H2,1-3H3/b10-9-. The summed E-state index contributed by atoms with van der Waals surface area (Å²) >= 11 is 0. The van der Waals surface area contributed by atoms with E-state index in [0.29, 0.717) is 6.04 Å². The Labute approximate surface area is 69.3 Å². The largest absolute Gasteiger partial charge is 0.358 e. The molecule has 0 saturated carbocycles. The van der Waals surface area contributed by atoms with Gasteiger partial charge in [0.1, 0.15) is 0 Å². The lowest BCUT2D eigenvalue weighted by Crippen LogP contribution is -2.33. The van der Waals surface area contributed by atoms with Gasteiger partial charge >= 0.3 is 0 Å². The minimum atomic E-state index is 0.677. The van der Waals surface area contributed by atoms with E-state index in [1.165, 1.54) is 31.6 Å². The van der Waals surface area contributed by atoms with Gasteiger partial charge in [0.05, 0.1) is 5.84 Å². The molecule has 1 fully saturated rings. The van der Waals surface area contributed by atoms with Gasteiger partial charge in [-0.15, -0.1) is 0 Å². The lowest BCUT2D eigenvalue weighted by molar-refractivity contribution is 0.346. The first-order valence-electron chi connectivity index (χ1n) is 4.52. The number of amidine groups is 1. The first-order chi connectivity index (χ1) is 5.29. The highest BCUT2D eigenvalue weighted by atomic mass is 15.2. The van der Waals surface area contributed by atoms with E-state index in [9.17, 15) is 0 Å². The van der Waals surface area contributed by atoms with Crippen LogP contribution < -0.4 is 0 Å². The smallest absolute Gasteiger partial charge is 0.0988 e. The van der Waals surface area contributed by atoms with E-state index in [4.69, 9.17) is 0 Å². The lowest BCUT2D eigenvalue weighted by atomic mass is 10.2. The molecule has 0 aromatic rings. The van der Waals surface area contributed by atoms with Crippen LogP contribution in [0.5, 0.6) is 0 Å². The first kappa shape index (κ1) is 8.57. The van der Waals surface area contributed by atoms with Crippen molar-refractivity contribution in [2.75, 3.05) is 13.6 Å². The zero-order valence-corrected chi connectivity index (χ0v) is 7.80. The number of hydrogen-bond donors (Lipinski definition) is 0. The van der Waals surface area contributed by atoms with Crippen molar-refractivity contribution >= 4 is 5.84 Å². The minimum absolute atomic E-state index is 0.677. The van der Waals surface area contributed by atoms with Crippen LogP contribution in [0.15, 0.2) is 4.99 Å². The van der Waals surface area contributed by atoms with Crippen LogP contribution in [-0.2, 0) is 0 Å². The van der Waals surface area contributed by atoms with Crippen molar-refractivity contribution in [3.63, 3.8) is 0 Å². The second kappa shape index (κ2) is 3.74. The summed E-state index contributed by atoms with van der Waals surface area (Å²) in [6.07, 6.45) is 3.69. The van der Waals surface area contributed by atoms with E-state index in [1.54, 1.807) is 0 Å². The van der Waals surface area contributed by atoms with Gasteiger partial charge in [0, 0.05) is 26.1 Å². The predicted octanol–water partition coefficient (Wildman–Crippen LogP) is 1.91. The van der Waals surface area contributed by atoms with E-state index in [2.05, 4.69) is 23.7 Å². The molecule has 0 bridgehead atoms. The van der Waals surface area contributed by atoms with E-state index in [1.807, 2.05) is 7.05 Å². The second-order valence-electron chi connectivity index (χ2n) is 3.19. The number of hydrogen-bond acceptors (Lipinski definition) is 1. The molecule has 0 aliphatic carbocycles. The molecule has 2 nitrogen and oxygen atoms in total. The van der Waals surface area contributed by atoms with E-state index < -0.39 is 0 Å². The predicted molar refractivity (Wildman–Crippen MR) is 49.1 cm³/mol. The highest BCUT2D eigenvalue weighted by Crippen LogP contribution is 2.16. The average molecular weight is 154 g/mol. The summed E-state index contributed by atoms with van der Waals surface area (Å²) in [5.41, 5.74) is 0. The quantitative estimate of drug-likeness (QED) is 0.593. The van der Waals surface area contributed by atoms with Crippen LogP contribution in [-0.4, -0.2) is 30.4 Å². The molecule has 0 amide bonds. The van der Waals surface area contributed by atoms with Gasteiger partial charge in [-0.05, 0) is 19.8 Å². The third-order valence-electron chi connectivity index (χ3n) is 2.51. The summed E-state index contributed by atoms with van der Waals surface area (Å²) in [4.78, 5) is 6.71. The van der Waals surface area contributed by atoms with Crippen LogP contribution in [0.25, 0.3) is 0 Å². The fourth-order valence-corrected chi connectivity index (χ4v) is 1.62. The summed E-state index contributed by atoms with van der Waals surface area (Å²) in [6.45, 7) is 5.72. The molecule has 11 heavy (non-hydrogen) atoms. The van der Waals surface area contributed by atoms with Crippen LogP contribution in [0, 0.1) is 0 Å². The Hall–Kier alpha value is -0.530. The number of likely N-dealkylation sites (tertiary alicyclic amines) is 1. The average Bonchev–Trinajstić information content (AvgIpc) is 2.50. The molecule has 1 saturated heterocycles. The van der Waals surface area contributed by atoms with Crippen molar-refractivity contribution < 1.29 is 0 Å². The van der Waals surface area contributed by atoms with Gasteiger partial charge in [-0.25, -0.2) is 0 Å². The fraction of sp³-hybridized carbons (Fsp3) is 0.889. The number of nitrogens with zero attached hydrogens (tertiary/aromatic N) is 2. The second-order valence-corrected chi connectivity index (χ2v) is 3.19. The van der Waals surface area contributed by atoms with Crippen LogP contribution in [0.3, 0.4) is 0 Å². The molecular weight excluding hydrogens is 136 g/mol. The Bertz CT molecular complexity index is 152. The Morgan fingerprint density at radius 2 is 2.36 bits per heavy atom. The van der Waals surface area contributed by atoms with Crippen molar-refractivity contribution in [1.82, 2.24) is 4.90 Å². The van der Waals surface area contributed by atoms with Gasteiger partial charge in [0.15, 0.2) is 0 Å². The first-order valence-corrected chi connectivity index (χ1v) is 4.52. The van der Waals surface area contributed by atoms with E-state index in [0.717, 1.165) is 0 Å². The summed E-state index contributed by atoms with van der Waals surface area (Å²) in [5.74, 6) is 1.30. The minimum Gasteiger partial charge on any atom is -0.358 e. The zero-order chi connectivity index (χ0) is 8.27. The molecule has 1 heterocycles. The maximum Gasteiger partial charge on any atom is 0.0988 e. The molecular formula is C9H18N2. The Morgan fingerprint density at radius 3 is 2.91 bits per heavy atom. The molecule has 2 heteroatoms. The summed E-state index contributed by atoms with van der Waals surface area (Å²) in [6, 6.07) is 0.677. The summed E-state index contributed by atoms with van der Waals surface area (Å²) in [5, 5.41) is 0. The lowest BCUT2D eigenvalue weighted by Gasteiger charge is -2.25. The van der Waals surface area contributed by atoms with E-state index >= 15 is 0 Å².